The van der Waals surface area contributed by atoms with Crippen LogP contribution in [0.1, 0.15) is 22.8 Å². The predicted molar refractivity (Wildman–Crippen MR) is 123 cm³/mol. The van der Waals surface area contributed by atoms with Crippen LogP contribution >= 0.6 is 11.6 Å². The zero-order chi connectivity index (χ0) is 22.7. The largest absolute Gasteiger partial charge is 0.423 e. The van der Waals surface area contributed by atoms with E-state index in [9.17, 15) is 14.4 Å². The molecule has 0 saturated heterocycles. The number of aryl methyl sites for hydroxylation is 1. The second-order valence-electron chi connectivity index (χ2n) is 7.02. The SMILES string of the molecule is CCc1ccccc1N1C(=O)C(Cl)=C(Nc2ccc(C(=O)Oc3ccccc3)cc2)C1=O. The lowest BCUT2D eigenvalue weighted by Gasteiger charge is -2.18. The van der Waals surface area contributed by atoms with Crippen molar-refractivity contribution >= 4 is 40.8 Å². The molecule has 4 rings (SSSR count). The van der Waals surface area contributed by atoms with Gasteiger partial charge in [-0.05, 0) is 54.4 Å². The van der Waals surface area contributed by atoms with Crippen LogP contribution in [0.4, 0.5) is 11.4 Å². The summed E-state index contributed by atoms with van der Waals surface area (Å²) in [6, 6.07) is 22.3. The molecule has 1 N–H and O–H groups in total. The number of imide groups is 1. The highest BCUT2D eigenvalue weighted by atomic mass is 35.5. The number of amides is 2. The Hall–Kier alpha value is -3.90. The molecule has 32 heavy (non-hydrogen) atoms. The van der Waals surface area contributed by atoms with Crippen molar-refractivity contribution in [2.75, 3.05) is 10.2 Å². The number of halogens is 1. The van der Waals surface area contributed by atoms with Crippen LogP contribution in [0.15, 0.2) is 89.6 Å². The molecular formula is C25H19ClN2O4. The zero-order valence-corrected chi connectivity index (χ0v) is 17.9. The van der Waals surface area contributed by atoms with Crippen LogP contribution in [0.5, 0.6) is 5.75 Å². The molecule has 1 heterocycles. The van der Waals surface area contributed by atoms with Crippen molar-refractivity contribution < 1.29 is 19.1 Å². The molecule has 0 bridgehead atoms. The van der Waals surface area contributed by atoms with Gasteiger partial charge in [-0.2, -0.15) is 0 Å². The summed E-state index contributed by atoms with van der Waals surface area (Å²) in [5, 5.41) is 2.72. The number of hydrogen-bond acceptors (Lipinski definition) is 5. The number of anilines is 2. The normalized spacial score (nSPS) is 13.5. The first-order chi connectivity index (χ1) is 15.5. The van der Waals surface area contributed by atoms with Crippen LogP contribution in [0.2, 0.25) is 0 Å². The summed E-state index contributed by atoms with van der Waals surface area (Å²) in [6.07, 6.45) is 0.661. The molecule has 160 valence electrons. The minimum atomic E-state index is -0.580. The average molecular weight is 447 g/mol. The molecule has 2 amide bonds. The lowest BCUT2D eigenvalue weighted by Crippen LogP contribution is -2.33. The Balaban J connectivity index is 1.51. The van der Waals surface area contributed by atoms with Gasteiger partial charge in [0.25, 0.3) is 11.8 Å². The van der Waals surface area contributed by atoms with Gasteiger partial charge in [0.2, 0.25) is 0 Å². The fraction of sp³-hybridized carbons (Fsp3) is 0.0800. The fourth-order valence-electron chi connectivity index (χ4n) is 3.35. The average Bonchev–Trinajstić information content (AvgIpc) is 3.03. The lowest BCUT2D eigenvalue weighted by molar-refractivity contribution is -0.120. The summed E-state index contributed by atoms with van der Waals surface area (Å²) in [5.74, 6) is -1.18. The number of esters is 1. The number of benzene rings is 3. The number of para-hydroxylation sites is 2. The van der Waals surface area contributed by atoms with E-state index >= 15 is 0 Å². The minimum Gasteiger partial charge on any atom is -0.423 e. The van der Waals surface area contributed by atoms with Gasteiger partial charge in [0.15, 0.2) is 0 Å². The Kier molecular flexibility index (Phi) is 6.05. The molecular weight excluding hydrogens is 428 g/mol. The smallest absolute Gasteiger partial charge is 0.343 e. The molecule has 0 fully saturated rings. The second kappa shape index (κ2) is 9.08. The first kappa shape index (κ1) is 21.3. The molecule has 0 spiro atoms. The summed E-state index contributed by atoms with van der Waals surface area (Å²) in [7, 11) is 0. The molecule has 6 nitrogen and oxygen atoms in total. The van der Waals surface area contributed by atoms with E-state index in [1.54, 1.807) is 60.7 Å². The standard InChI is InChI=1S/C25H19ClN2O4/c1-2-16-8-6-7-11-20(16)28-23(29)21(26)22(24(28)30)27-18-14-12-17(13-15-18)25(31)32-19-9-4-3-5-10-19/h3-15,27H,2H2,1H3. The summed E-state index contributed by atoms with van der Waals surface area (Å²) in [5.41, 5.74) is 2.20. The molecule has 0 aromatic heterocycles. The Morgan fingerprint density at radius 1 is 0.906 bits per heavy atom. The van der Waals surface area contributed by atoms with Gasteiger partial charge in [0.05, 0.1) is 11.3 Å². The second-order valence-corrected chi connectivity index (χ2v) is 7.40. The number of nitrogens with one attached hydrogen (secondary N) is 1. The third-order valence-electron chi connectivity index (χ3n) is 4.98. The van der Waals surface area contributed by atoms with E-state index in [4.69, 9.17) is 16.3 Å². The summed E-state index contributed by atoms with van der Waals surface area (Å²) < 4.78 is 5.31. The minimum absolute atomic E-state index is 0.0119. The van der Waals surface area contributed by atoms with Crippen molar-refractivity contribution in [1.29, 1.82) is 0 Å². The molecule has 1 aliphatic rings. The summed E-state index contributed by atoms with van der Waals surface area (Å²) in [6.45, 7) is 1.95. The molecule has 0 saturated carbocycles. The summed E-state index contributed by atoms with van der Waals surface area (Å²) >= 11 is 6.22. The maximum absolute atomic E-state index is 13.0. The highest BCUT2D eigenvalue weighted by Gasteiger charge is 2.39. The number of carbonyl (C=O) groups excluding carboxylic acids is 3. The molecule has 0 radical (unpaired) electrons. The van der Waals surface area contributed by atoms with E-state index in [2.05, 4.69) is 5.32 Å². The fourth-order valence-corrected chi connectivity index (χ4v) is 3.56. The molecule has 3 aromatic rings. The van der Waals surface area contributed by atoms with Gasteiger partial charge < -0.3 is 10.1 Å². The van der Waals surface area contributed by atoms with Crippen LogP contribution in [0.25, 0.3) is 0 Å². The first-order valence-electron chi connectivity index (χ1n) is 10.0. The topological polar surface area (TPSA) is 75.7 Å². The van der Waals surface area contributed by atoms with Crippen LogP contribution in [0, 0.1) is 0 Å². The van der Waals surface area contributed by atoms with Crippen molar-refractivity contribution in [3.63, 3.8) is 0 Å². The van der Waals surface area contributed by atoms with Gasteiger partial charge in [-0.15, -0.1) is 0 Å². The van der Waals surface area contributed by atoms with E-state index < -0.39 is 17.8 Å². The van der Waals surface area contributed by atoms with Gasteiger partial charge in [-0.25, -0.2) is 9.69 Å². The number of ether oxygens (including phenoxy) is 1. The lowest BCUT2D eigenvalue weighted by atomic mass is 10.1. The third kappa shape index (κ3) is 4.13. The summed E-state index contributed by atoms with van der Waals surface area (Å²) in [4.78, 5) is 39.1. The maximum Gasteiger partial charge on any atom is 0.343 e. The number of rotatable bonds is 6. The number of carbonyl (C=O) groups is 3. The van der Waals surface area contributed by atoms with Gasteiger partial charge in [0, 0.05) is 5.69 Å². The number of hydrogen-bond donors (Lipinski definition) is 1. The highest BCUT2D eigenvalue weighted by Crippen LogP contribution is 2.32. The van der Waals surface area contributed by atoms with Crippen molar-refractivity contribution in [2.24, 2.45) is 0 Å². The van der Waals surface area contributed by atoms with Crippen LogP contribution < -0.4 is 15.0 Å². The Morgan fingerprint density at radius 2 is 1.56 bits per heavy atom. The Bertz CT molecular complexity index is 1220. The van der Waals surface area contributed by atoms with Gasteiger partial charge in [0.1, 0.15) is 16.5 Å². The molecule has 1 aliphatic heterocycles. The van der Waals surface area contributed by atoms with Crippen LogP contribution in [-0.2, 0) is 16.0 Å². The van der Waals surface area contributed by atoms with Crippen molar-refractivity contribution in [2.45, 2.75) is 13.3 Å². The maximum atomic E-state index is 13.0. The number of nitrogens with zero attached hydrogens (tertiary/aromatic N) is 1. The molecule has 0 atom stereocenters. The monoisotopic (exact) mass is 446 g/mol. The molecule has 0 unspecified atom stereocenters. The van der Waals surface area contributed by atoms with Gasteiger partial charge >= 0.3 is 5.97 Å². The predicted octanol–water partition coefficient (Wildman–Crippen LogP) is 4.90. The van der Waals surface area contributed by atoms with E-state index in [1.807, 2.05) is 25.1 Å². The molecule has 0 aliphatic carbocycles. The Morgan fingerprint density at radius 3 is 2.25 bits per heavy atom. The highest BCUT2D eigenvalue weighted by molar-refractivity contribution is 6.53. The van der Waals surface area contributed by atoms with Crippen molar-refractivity contribution in [1.82, 2.24) is 0 Å². The molecule has 7 heteroatoms. The first-order valence-corrected chi connectivity index (χ1v) is 10.4. The zero-order valence-electron chi connectivity index (χ0n) is 17.2. The van der Waals surface area contributed by atoms with E-state index in [-0.39, 0.29) is 10.7 Å². The van der Waals surface area contributed by atoms with Crippen LogP contribution in [-0.4, -0.2) is 17.8 Å². The van der Waals surface area contributed by atoms with E-state index in [0.29, 0.717) is 29.1 Å². The van der Waals surface area contributed by atoms with Crippen molar-refractivity contribution in [3.8, 4) is 5.75 Å². The van der Waals surface area contributed by atoms with E-state index in [1.165, 1.54) is 0 Å². The third-order valence-corrected chi connectivity index (χ3v) is 5.34. The molecule has 3 aromatic carbocycles. The Labute approximate surface area is 190 Å². The quantitative estimate of drug-likeness (QED) is 0.331. The van der Waals surface area contributed by atoms with Gasteiger partial charge in [-0.1, -0.05) is 54.9 Å². The van der Waals surface area contributed by atoms with Crippen LogP contribution in [0.3, 0.4) is 0 Å². The van der Waals surface area contributed by atoms with E-state index in [0.717, 1.165) is 10.5 Å². The van der Waals surface area contributed by atoms with Gasteiger partial charge in [-0.3, -0.25) is 9.59 Å². The van der Waals surface area contributed by atoms with Crippen molar-refractivity contribution in [3.05, 3.63) is 101 Å².